The Kier molecular flexibility index (Phi) is 4.42. The lowest BCUT2D eigenvalue weighted by Crippen LogP contribution is -2.61. The lowest BCUT2D eigenvalue weighted by atomic mass is 9.69. The molecule has 26 heavy (non-hydrogen) atoms. The van der Waals surface area contributed by atoms with Gasteiger partial charge in [-0.05, 0) is 68.4 Å². The van der Waals surface area contributed by atoms with Crippen molar-refractivity contribution >= 4 is 5.91 Å². The SMILES string of the molecule is CC(C)c1cccc(C[C@@H]2CCC3(C2)CN(C(=O)C2CC(C)(O)C2)C3)c1. The third-order valence-corrected chi connectivity index (χ3v) is 7.03. The summed E-state index contributed by atoms with van der Waals surface area (Å²) in [6.45, 7) is 8.25. The molecule has 3 heteroatoms. The van der Waals surface area contributed by atoms with Crippen LogP contribution in [0.5, 0.6) is 0 Å². The van der Waals surface area contributed by atoms with Gasteiger partial charge in [0.05, 0.1) is 5.60 Å². The summed E-state index contributed by atoms with van der Waals surface area (Å²) in [5.41, 5.74) is 2.70. The van der Waals surface area contributed by atoms with Crippen molar-refractivity contribution < 1.29 is 9.90 Å². The molecule has 2 saturated carbocycles. The van der Waals surface area contributed by atoms with Gasteiger partial charge in [-0.25, -0.2) is 0 Å². The first-order valence-electron chi connectivity index (χ1n) is 10.4. The average molecular weight is 356 g/mol. The van der Waals surface area contributed by atoms with Gasteiger partial charge in [-0.1, -0.05) is 38.1 Å². The van der Waals surface area contributed by atoms with E-state index >= 15 is 0 Å². The van der Waals surface area contributed by atoms with E-state index in [9.17, 15) is 9.90 Å². The first-order valence-corrected chi connectivity index (χ1v) is 10.4. The molecule has 0 radical (unpaired) electrons. The number of benzene rings is 1. The summed E-state index contributed by atoms with van der Waals surface area (Å²) in [4.78, 5) is 14.6. The number of hydrogen-bond donors (Lipinski definition) is 1. The van der Waals surface area contributed by atoms with Gasteiger partial charge < -0.3 is 10.0 Å². The number of carbonyl (C=O) groups is 1. The van der Waals surface area contributed by atoms with Gasteiger partial charge in [0.2, 0.25) is 5.91 Å². The minimum absolute atomic E-state index is 0.0679. The van der Waals surface area contributed by atoms with Crippen LogP contribution < -0.4 is 0 Å². The van der Waals surface area contributed by atoms with Crippen molar-refractivity contribution in [2.75, 3.05) is 13.1 Å². The second kappa shape index (κ2) is 6.37. The van der Waals surface area contributed by atoms with Gasteiger partial charge in [0.25, 0.3) is 0 Å². The van der Waals surface area contributed by atoms with Crippen molar-refractivity contribution in [2.45, 2.75) is 70.8 Å². The summed E-state index contributed by atoms with van der Waals surface area (Å²) in [5.74, 6) is 1.70. The molecule has 2 aliphatic carbocycles. The summed E-state index contributed by atoms with van der Waals surface area (Å²) < 4.78 is 0. The molecule has 3 fully saturated rings. The maximum absolute atomic E-state index is 12.5. The van der Waals surface area contributed by atoms with Crippen molar-refractivity contribution in [1.82, 2.24) is 4.90 Å². The molecule has 1 atom stereocenters. The highest BCUT2D eigenvalue weighted by Crippen LogP contribution is 2.50. The van der Waals surface area contributed by atoms with Crippen LogP contribution in [-0.2, 0) is 11.2 Å². The molecule has 1 spiro atoms. The van der Waals surface area contributed by atoms with E-state index in [1.807, 2.05) is 6.92 Å². The van der Waals surface area contributed by atoms with Gasteiger partial charge in [0, 0.05) is 24.4 Å². The number of carbonyl (C=O) groups excluding carboxylic acids is 1. The van der Waals surface area contributed by atoms with Gasteiger partial charge >= 0.3 is 0 Å². The van der Waals surface area contributed by atoms with Gasteiger partial charge in [-0.15, -0.1) is 0 Å². The topological polar surface area (TPSA) is 40.5 Å². The van der Waals surface area contributed by atoms with E-state index in [-0.39, 0.29) is 11.8 Å². The van der Waals surface area contributed by atoms with Gasteiger partial charge in [0.15, 0.2) is 0 Å². The standard InChI is InChI=1S/C23H33NO2/c1-16(2)19-6-4-5-17(10-19)9-18-7-8-23(11-18)14-24(15-23)21(25)20-12-22(3,26)13-20/h4-6,10,16,18,20,26H,7-9,11-15H2,1-3H3/t18-,20?,22?/m0/s1. The smallest absolute Gasteiger partial charge is 0.225 e. The normalized spacial score (nSPS) is 32.6. The Morgan fingerprint density at radius 1 is 1.27 bits per heavy atom. The minimum atomic E-state index is -0.605. The van der Waals surface area contributed by atoms with E-state index in [1.54, 1.807) is 0 Å². The summed E-state index contributed by atoms with van der Waals surface area (Å²) in [6.07, 6.45) is 6.31. The number of nitrogens with zero attached hydrogens (tertiary/aromatic N) is 1. The molecule has 0 bridgehead atoms. The Bertz CT molecular complexity index is 679. The van der Waals surface area contributed by atoms with Crippen LogP contribution in [0.1, 0.15) is 69.9 Å². The first-order chi connectivity index (χ1) is 12.3. The summed E-state index contributed by atoms with van der Waals surface area (Å²) in [6, 6.07) is 9.09. The molecule has 1 N–H and O–H groups in total. The van der Waals surface area contributed by atoms with Crippen molar-refractivity contribution in [2.24, 2.45) is 17.3 Å². The molecule has 142 valence electrons. The Morgan fingerprint density at radius 2 is 2.00 bits per heavy atom. The fourth-order valence-electron chi connectivity index (χ4n) is 5.55. The zero-order valence-electron chi connectivity index (χ0n) is 16.5. The van der Waals surface area contributed by atoms with Crippen molar-refractivity contribution in [3.8, 4) is 0 Å². The molecule has 1 saturated heterocycles. The fourth-order valence-corrected chi connectivity index (χ4v) is 5.55. The molecule has 3 nitrogen and oxygen atoms in total. The zero-order valence-corrected chi connectivity index (χ0v) is 16.5. The maximum Gasteiger partial charge on any atom is 0.225 e. The van der Waals surface area contributed by atoms with E-state index in [0.29, 0.717) is 24.2 Å². The molecule has 1 aromatic rings. The average Bonchev–Trinajstić information content (AvgIpc) is 2.95. The third-order valence-electron chi connectivity index (χ3n) is 7.03. The molecular formula is C23H33NO2. The molecule has 3 aliphatic rings. The predicted molar refractivity (Wildman–Crippen MR) is 104 cm³/mol. The molecule has 1 aromatic carbocycles. The Labute approximate surface area is 157 Å². The quantitative estimate of drug-likeness (QED) is 0.882. The van der Waals surface area contributed by atoms with Crippen molar-refractivity contribution in [3.63, 3.8) is 0 Å². The molecule has 4 rings (SSSR count). The molecule has 1 heterocycles. The molecule has 0 unspecified atom stereocenters. The highest BCUT2D eigenvalue weighted by atomic mass is 16.3. The van der Waals surface area contributed by atoms with Gasteiger partial charge in [0.1, 0.15) is 0 Å². The lowest BCUT2D eigenvalue weighted by molar-refractivity contribution is -0.161. The Hall–Kier alpha value is -1.35. The Balaban J connectivity index is 1.28. The fraction of sp³-hybridized carbons (Fsp3) is 0.696. The predicted octanol–water partition coefficient (Wildman–Crippen LogP) is 4.14. The monoisotopic (exact) mass is 355 g/mol. The van der Waals surface area contributed by atoms with Crippen molar-refractivity contribution in [3.05, 3.63) is 35.4 Å². The highest BCUT2D eigenvalue weighted by Gasteiger charge is 2.52. The molecule has 1 aliphatic heterocycles. The Morgan fingerprint density at radius 3 is 2.65 bits per heavy atom. The summed E-state index contributed by atoms with van der Waals surface area (Å²) in [5, 5.41) is 9.87. The van der Waals surface area contributed by atoms with E-state index in [0.717, 1.165) is 19.0 Å². The largest absolute Gasteiger partial charge is 0.390 e. The second-order valence-electron chi connectivity index (χ2n) is 10.0. The molecular weight excluding hydrogens is 322 g/mol. The van der Waals surface area contributed by atoms with Gasteiger partial charge in [-0.2, -0.15) is 0 Å². The number of aliphatic hydroxyl groups is 1. The van der Waals surface area contributed by atoms with E-state index < -0.39 is 5.60 Å². The summed E-state index contributed by atoms with van der Waals surface area (Å²) in [7, 11) is 0. The number of rotatable bonds is 4. The van der Waals surface area contributed by atoms with E-state index in [2.05, 4.69) is 43.0 Å². The van der Waals surface area contributed by atoms with Crippen LogP contribution >= 0.6 is 0 Å². The van der Waals surface area contributed by atoms with Crippen LogP contribution in [0.2, 0.25) is 0 Å². The zero-order chi connectivity index (χ0) is 18.5. The van der Waals surface area contributed by atoms with Crippen LogP contribution in [0.3, 0.4) is 0 Å². The van der Waals surface area contributed by atoms with Crippen LogP contribution in [-0.4, -0.2) is 34.6 Å². The van der Waals surface area contributed by atoms with Crippen LogP contribution in [0, 0.1) is 17.3 Å². The highest BCUT2D eigenvalue weighted by molar-refractivity contribution is 5.81. The molecule has 0 aromatic heterocycles. The van der Waals surface area contributed by atoms with Crippen LogP contribution in [0.4, 0.5) is 0 Å². The van der Waals surface area contributed by atoms with E-state index in [1.165, 1.54) is 36.8 Å². The number of likely N-dealkylation sites (tertiary alicyclic amines) is 1. The first kappa shape index (κ1) is 18.0. The number of hydrogen-bond acceptors (Lipinski definition) is 2. The van der Waals surface area contributed by atoms with Crippen LogP contribution in [0.25, 0.3) is 0 Å². The van der Waals surface area contributed by atoms with E-state index in [4.69, 9.17) is 0 Å². The lowest BCUT2D eigenvalue weighted by Gasteiger charge is -2.52. The second-order valence-corrected chi connectivity index (χ2v) is 10.0. The van der Waals surface area contributed by atoms with Crippen molar-refractivity contribution in [1.29, 1.82) is 0 Å². The minimum Gasteiger partial charge on any atom is -0.390 e. The van der Waals surface area contributed by atoms with Gasteiger partial charge in [-0.3, -0.25) is 4.79 Å². The third kappa shape index (κ3) is 3.43. The maximum atomic E-state index is 12.5. The number of amides is 1. The summed E-state index contributed by atoms with van der Waals surface area (Å²) >= 11 is 0. The molecule has 1 amide bonds. The van der Waals surface area contributed by atoms with Crippen LogP contribution in [0.15, 0.2) is 24.3 Å².